The molecular formula is C17H21FN4O2. The summed E-state index contributed by atoms with van der Waals surface area (Å²) >= 11 is 0. The summed E-state index contributed by atoms with van der Waals surface area (Å²) in [5.74, 6) is -0.233. The zero-order valence-corrected chi connectivity index (χ0v) is 14.1. The highest BCUT2D eigenvalue weighted by molar-refractivity contribution is 5.79. The second kappa shape index (κ2) is 6.32. The van der Waals surface area contributed by atoms with E-state index in [9.17, 15) is 14.0 Å². The summed E-state index contributed by atoms with van der Waals surface area (Å²) in [6, 6.07) is 4.19. The average Bonchev–Trinajstić information content (AvgIpc) is 2.93. The maximum absolute atomic E-state index is 13.4. The van der Waals surface area contributed by atoms with E-state index in [4.69, 9.17) is 0 Å². The Bertz CT molecular complexity index is 833. The van der Waals surface area contributed by atoms with Gasteiger partial charge in [-0.05, 0) is 38.2 Å². The van der Waals surface area contributed by atoms with Crippen LogP contribution in [0.3, 0.4) is 0 Å². The van der Waals surface area contributed by atoms with Crippen LogP contribution in [-0.2, 0) is 11.3 Å². The van der Waals surface area contributed by atoms with Crippen molar-refractivity contribution < 1.29 is 9.18 Å². The number of nitrogens with zero attached hydrogens (tertiary/aromatic N) is 4. The third-order valence-electron chi connectivity index (χ3n) is 4.68. The molecule has 2 heterocycles. The van der Waals surface area contributed by atoms with E-state index < -0.39 is 11.4 Å². The van der Waals surface area contributed by atoms with Gasteiger partial charge in [-0.15, -0.1) is 0 Å². The molecule has 0 unspecified atom stereocenters. The molecule has 0 saturated carbocycles. The van der Waals surface area contributed by atoms with Gasteiger partial charge in [0.05, 0.1) is 17.2 Å². The van der Waals surface area contributed by atoms with Crippen molar-refractivity contribution in [3.05, 3.63) is 40.7 Å². The number of hydrogen-bond acceptors (Lipinski definition) is 4. The lowest BCUT2D eigenvalue weighted by Crippen LogP contribution is -2.38. The van der Waals surface area contributed by atoms with Crippen LogP contribution in [0.25, 0.3) is 10.9 Å². The lowest BCUT2D eigenvalue weighted by molar-refractivity contribution is -0.131. The van der Waals surface area contributed by atoms with Crippen LogP contribution in [0.1, 0.15) is 6.92 Å². The standard InChI is InChI=1S/C17H21FN4O2/c1-11-7-21(8-15(11)20(2)3)16(23)9-22-10-19-14-5-4-12(18)6-13(14)17(22)24/h4-6,10-11,15H,7-9H2,1-3H3/t11-,15+/m0/s1. The van der Waals surface area contributed by atoms with Crippen LogP contribution in [0.4, 0.5) is 4.39 Å². The average molecular weight is 332 g/mol. The molecule has 1 fully saturated rings. The number of hydrogen-bond donors (Lipinski definition) is 0. The van der Waals surface area contributed by atoms with Gasteiger partial charge in [-0.3, -0.25) is 14.2 Å². The zero-order valence-electron chi connectivity index (χ0n) is 14.1. The van der Waals surface area contributed by atoms with E-state index in [0.717, 1.165) is 6.07 Å². The fourth-order valence-electron chi connectivity index (χ4n) is 3.32. The van der Waals surface area contributed by atoms with Gasteiger partial charge in [0.15, 0.2) is 0 Å². The van der Waals surface area contributed by atoms with Crippen molar-refractivity contribution in [3.8, 4) is 0 Å². The van der Waals surface area contributed by atoms with Crippen molar-refractivity contribution in [2.45, 2.75) is 19.5 Å². The van der Waals surface area contributed by atoms with Crippen molar-refractivity contribution in [2.24, 2.45) is 5.92 Å². The van der Waals surface area contributed by atoms with E-state index in [2.05, 4.69) is 16.8 Å². The molecule has 0 spiro atoms. The Morgan fingerprint density at radius 1 is 1.38 bits per heavy atom. The van der Waals surface area contributed by atoms with Gasteiger partial charge < -0.3 is 9.80 Å². The summed E-state index contributed by atoms with van der Waals surface area (Å²) in [6.45, 7) is 3.36. The highest BCUT2D eigenvalue weighted by Crippen LogP contribution is 2.20. The first kappa shape index (κ1) is 16.6. The van der Waals surface area contributed by atoms with Crippen LogP contribution < -0.4 is 5.56 Å². The van der Waals surface area contributed by atoms with E-state index in [-0.39, 0.29) is 17.8 Å². The Kier molecular flexibility index (Phi) is 4.36. The van der Waals surface area contributed by atoms with Gasteiger partial charge in [0.2, 0.25) is 5.91 Å². The topological polar surface area (TPSA) is 58.4 Å². The molecule has 0 N–H and O–H groups in total. The van der Waals surface area contributed by atoms with Gasteiger partial charge in [0.25, 0.3) is 5.56 Å². The first-order valence-corrected chi connectivity index (χ1v) is 7.95. The minimum atomic E-state index is -0.493. The van der Waals surface area contributed by atoms with Gasteiger partial charge in [-0.25, -0.2) is 9.37 Å². The molecule has 1 aliphatic rings. The van der Waals surface area contributed by atoms with E-state index >= 15 is 0 Å². The second-order valence-electron chi connectivity index (χ2n) is 6.65. The molecule has 2 atom stereocenters. The zero-order chi connectivity index (χ0) is 17.4. The number of likely N-dealkylation sites (tertiary alicyclic amines) is 1. The van der Waals surface area contributed by atoms with Crippen LogP contribution in [0.5, 0.6) is 0 Å². The number of aromatic nitrogens is 2. The molecule has 1 amide bonds. The highest BCUT2D eigenvalue weighted by atomic mass is 19.1. The summed E-state index contributed by atoms with van der Waals surface area (Å²) < 4.78 is 14.6. The van der Waals surface area contributed by atoms with Crippen molar-refractivity contribution in [1.29, 1.82) is 0 Å². The SMILES string of the molecule is C[C@H]1CN(C(=O)Cn2cnc3ccc(F)cc3c2=O)C[C@H]1N(C)C. The third-order valence-corrected chi connectivity index (χ3v) is 4.68. The van der Waals surface area contributed by atoms with Crippen molar-refractivity contribution in [2.75, 3.05) is 27.2 Å². The fraction of sp³-hybridized carbons (Fsp3) is 0.471. The number of carbonyl (C=O) groups excluding carboxylic acids is 1. The summed E-state index contributed by atoms with van der Waals surface area (Å²) in [5.41, 5.74) is 0.0248. The first-order chi connectivity index (χ1) is 11.4. The third kappa shape index (κ3) is 3.03. The van der Waals surface area contributed by atoms with Crippen LogP contribution in [-0.4, -0.2) is 58.5 Å². The van der Waals surface area contributed by atoms with Gasteiger partial charge in [-0.1, -0.05) is 6.92 Å². The first-order valence-electron chi connectivity index (χ1n) is 7.95. The molecule has 1 aromatic carbocycles. The van der Waals surface area contributed by atoms with Crippen LogP contribution >= 0.6 is 0 Å². The lowest BCUT2D eigenvalue weighted by atomic mass is 10.1. The number of benzene rings is 1. The van der Waals surface area contributed by atoms with Gasteiger partial charge in [0.1, 0.15) is 12.4 Å². The molecule has 128 valence electrons. The quantitative estimate of drug-likeness (QED) is 0.839. The number of fused-ring (bicyclic) bond motifs is 1. The Balaban J connectivity index is 1.81. The number of amides is 1. The molecular weight excluding hydrogens is 311 g/mol. The van der Waals surface area contributed by atoms with Gasteiger partial charge in [0, 0.05) is 19.1 Å². The molecule has 24 heavy (non-hydrogen) atoms. The van der Waals surface area contributed by atoms with E-state index in [1.54, 1.807) is 4.90 Å². The lowest BCUT2D eigenvalue weighted by Gasteiger charge is -2.22. The predicted molar refractivity (Wildman–Crippen MR) is 89.2 cm³/mol. The molecule has 1 saturated heterocycles. The van der Waals surface area contributed by atoms with Crippen molar-refractivity contribution >= 4 is 16.8 Å². The van der Waals surface area contributed by atoms with Crippen LogP contribution in [0.2, 0.25) is 0 Å². The van der Waals surface area contributed by atoms with Crippen LogP contribution in [0.15, 0.2) is 29.3 Å². The number of halogens is 1. The van der Waals surface area contributed by atoms with E-state index in [0.29, 0.717) is 30.6 Å². The molecule has 1 aliphatic heterocycles. The predicted octanol–water partition coefficient (Wildman–Crippen LogP) is 0.944. The van der Waals surface area contributed by atoms with Gasteiger partial charge >= 0.3 is 0 Å². The smallest absolute Gasteiger partial charge is 0.261 e. The normalized spacial score (nSPS) is 21.0. The summed E-state index contributed by atoms with van der Waals surface area (Å²) in [5, 5.41) is 0.186. The Labute approximate surface area is 139 Å². The Morgan fingerprint density at radius 3 is 2.79 bits per heavy atom. The largest absolute Gasteiger partial charge is 0.339 e. The van der Waals surface area contributed by atoms with Crippen molar-refractivity contribution in [1.82, 2.24) is 19.4 Å². The number of carbonyl (C=O) groups is 1. The van der Waals surface area contributed by atoms with E-state index in [1.807, 2.05) is 14.1 Å². The minimum Gasteiger partial charge on any atom is -0.339 e. The Hall–Kier alpha value is -2.28. The molecule has 0 bridgehead atoms. The summed E-state index contributed by atoms with van der Waals surface area (Å²) in [6.07, 6.45) is 1.35. The molecule has 3 rings (SSSR count). The summed E-state index contributed by atoms with van der Waals surface area (Å²) in [4.78, 5) is 33.0. The van der Waals surface area contributed by atoms with Crippen molar-refractivity contribution in [3.63, 3.8) is 0 Å². The fourth-order valence-corrected chi connectivity index (χ4v) is 3.32. The molecule has 0 aliphatic carbocycles. The molecule has 2 aromatic rings. The molecule has 0 radical (unpaired) electrons. The molecule has 7 heteroatoms. The van der Waals surface area contributed by atoms with E-state index in [1.165, 1.54) is 23.0 Å². The maximum atomic E-state index is 13.4. The number of rotatable bonds is 3. The number of likely N-dealkylation sites (N-methyl/N-ethyl adjacent to an activating group) is 1. The minimum absolute atomic E-state index is 0.0782. The molecule has 6 nitrogen and oxygen atoms in total. The molecule has 1 aromatic heterocycles. The summed E-state index contributed by atoms with van der Waals surface area (Å²) in [7, 11) is 4.00. The highest BCUT2D eigenvalue weighted by Gasteiger charge is 2.33. The maximum Gasteiger partial charge on any atom is 0.261 e. The second-order valence-corrected chi connectivity index (χ2v) is 6.65. The van der Waals surface area contributed by atoms with Crippen LogP contribution in [0, 0.1) is 11.7 Å². The monoisotopic (exact) mass is 332 g/mol. The van der Waals surface area contributed by atoms with Gasteiger partial charge in [-0.2, -0.15) is 0 Å². The Morgan fingerprint density at radius 2 is 2.12 bits per heavy atom.